The number of ether oxygens (including phenoxy) is 1. The van der Waals surface area contributed by atoms with Gasteiger partial charge in [-0.05, 0) is 18.9 Å². The van der Waals surface area contributed by atoms with E-state index in [0.717, 1.165) is 18.5 Å². The lowest BCUT2D eigenvalue weighted by Gasteiger charge is -2.32. The van der Waals surface area contributed by atoms with Crippen LogP contribution in [0.25, 0.3) is 5.57 Å². The fourth-order valence-electron chi connectivity index (χ4n) is 1.94. The zero-order valence-electron chi connectivity index (χ0n) is 10.2. The molecule has 0 bridgehead atoms. The summed E-state index contributed by atoms with van der Waals surface area (Å²) in [5.41, 5.74) is 1.54. The summed E-state index contributed by atoms with van der Waals surface area (Å²) in [7, 11) is 0. The Morgan fingerprint density at radius 3 is 2.65 bits per heavy atom. The van der Waals surface area contributed by atoms with Crippen molar-refractivity contribution in [2.45, 2.75) is 26.5 Å². The van der Waals surface area contributed by atoms with Gasteiger partial charge in [-0.3, -0.25) is 4.79 Å². The average molecular weight is 231 g/mol. The van der Waals surface area contributed by atoms with Gasteiger partial charge in [-0.1, -0.05) is 37.3 Å². The monoisotopic (exact) mass is 231 g/mol. The Morgan fingerprint density at radius 2 is 2.00 bits per heavy atom. The molecule has 1 unspecified atom stereocenters. The van der Waals surface area contributed by atoms with E-state index in [1.54, 1.807) is 11.2 Å². The van der Waals surface area contributed by atoms with Crippen molar-refractivity contribution >= 4 is 11.5 Å². The first kappa shape index (κ1) is 11.7. The van der Waals surface area contributed by atoms with Gasteiger partial charge in [0.25, 0.3) is 5.91 Å². The minimum Gasteiger partial charge on any atom is -0.477 e. The summed E-state index contributed by atoms with van der Waals surface area (Å²) in [6.07, 6.45) is 2.34. The molecule has 1 aliphatic heterocycles. The predicted octanol–water partition coefficient (Wildman–Crippen LogP) is 2.64. The van der Waals surface area contributed by atoms with Crippen molar-refractivity contribution in [2.24, 2.45) is 0 Å². The molecule has 1 heterocycles. The molecule has 0 aliphatic carbocycles. The largest absolute Gasteiger partial charge is 0.477 e. The van der Waals surface area contributed by atoms with E-state index in [0.29, 0.717) is 5.57 Å². The molecule has 1 aromatic carbocycles. The van der Waals surface area contributed by atoms with Gasteiger partial charge in [0.1, 0.15) is 0 Å². The van der Waals surface area contributed by atoms with Gasteiger partial charge in [0.2, 0.25) is 0 Å². The first-order valence-corrected chi connectivity index (χ1v) is 5.96. The van der Waals surface area contributed by atoms with Gasteiger partial charge < -0.3 is 9.64 Å². The fourth-order valence-corrected chi connectivity index (χ4v) is 1.94. The maximum absolute atomic E-state index is 12.3. The quantitative estimate of drug-likeness (QED) is 0.800. The number of benzene rings is 1. The molecule has 1 aromatic rings. The van der Waals surface area contributed by atoms with Crippen molar-refractivity contribution in [3.63, 3.8) is 0 Å². The molecule has 1 aliphatic rings. The minimum absolute atomic E-state index is 0.0526. The third-order valence-corrected chi connectivity index (χ3v) is 2.86. The zero-order valence-corrected chi connectivity index (χ0v) is 10.2. The minimum atomic E-state index is -0.171. The molecule has 0 fully saturated rings. The summed E-state index contributed by atoms with van der Waals surface area (Å²) in [6.45, 7) is 4.68. The van der Waals surface area contributed by atoms with Crippen LogP contribution in [0.2, 0.25) is 0 Å². The van der Waals surface area contributed by atoms with Crippen LogP contribution >= 0.6 is 0 Å². The first-order valence-electron chi connectivity index (χ1n) is 5.96. The highest BCUT2D eigenvalue weighted by molar-refractivity contribution is 6.19. The van der Waals surface area contributed by atoms with Gasteiger partial charge in [-0.2, -0.15) is 0 Å². The van der Waals surface area contributed by atoms with Crippen molar-refractivity contribution in [2.75, 3.05) is 6.54 Å². The first-order chi connectivity index (χ1) is 8.24. The van der Waals surface area contributed by atoms with Crippen LogP contribution in [-0.4, -0.2) is 23.6 Å². The zero-order chi connectivity index (χ0) is 12.3. The lowest BCUT2D eigenvalue weighted by atomic mass is 10.0. The van der Waals surface area contributed by atoms with Crippen LogP contribution in [0.15, 0.2) is 36.6 Å². The second-order valence-corrected chi connectivity index (χ2v) is 4.13. The van der Waals surface area contributed by atoms with Crippen LogP contribution in [0.5, 0.6) is 0 Å². The SMILES string of the molecule is CCCN1C(=O)C(c2ccccc2)=COC1C. The van der Waals surface area contributed by atoms with Crippen molar-refractivity contribution in [3.8, 4) is 0 Å². The lowest BCUT2D eigenvalue weighted by molar-refractivity contribution is -0.137. The number of carbonyl (C=O) groups excluding carboxylic acids is 1. The summed E-state index contributed by atoms with van der Waals surface area (Å²) < 4.78 is 5.52. The van der Waals surface area contributed by atoms with Crippen LogP contribution in [-0.2, 0) is 9.53 Å². The molecule has 0 aromatic heterocycles. The summed E-state index contributed by atoms with van der Waals surface area (Å²) in [5.74, 6) is 0.0526. The third-order valence-electron chi connectivity index (χ3n) is 2.86. The molecular weight excluding hydrogens is 214 g/mol. The standard InChI is InChI=1S/C14H17NO2/c1-3-9-15-11(2)17-10-13(14(15)16)12-7-5-4-6-8-12/h4-8,10-11H,3,9H2,1-2H3. The van der Waals surface area contributed by atoms with E-state index in [1.165, 1.54) is 0 Å². The second-order valence-electron chi connectivity index (χ2n) is 4.13. The Kier molecular flexibility index (Phi) is 3.47. The van der Waals surface area contributed by atoms with Gasteiger partial charge in [-0.25, -0.2) is 0 Å². The van der Waals surface area contributed by atoms with Crippen molar-refractivity contribution in [1.82, 2.24) is 4.90 Å². The Bertz CT molecular complexity index is 425. The Labute approximate surface area is 102 Å². The van der Waals surface area contributed by atoms with E-state index in [2.05, 4.69) is 6.92 Å². The Balaban J connectivity index is 2.28. The molecule has 0 saturated heterocycles. The molecule has 2 rings (SSSR count). The summed E-state index contributed by atoms with van der Waals surface area (Å²) in [4.78, 5) is 14.1. The summed E-state index contributed by atoms with van der Waals surface area (Å²) in [5, 5.41) is 0. The summed E-state index contributed by atoms with van der Waals surface area (Å²) >= 11 is 0. The molecular formula is C14H17NO2. The highest BCUT2D eigenvalue weighted by Gasteiger charge is 2.28. The van der Waals surface area contributed by atoms with Crippen molar-refractivity contribution < 1.29 is 9.53 Å². The molecule has 3 heteroatoms. The van der Waals surface area contributed by atoms with E-state index >= 15 is 0 Å². The van der Waals surface area contributed by atoms with E-state index in [-0.39, 0.29) is 12.1 Å². The molecule has 0 saturated carbocycles. The molecule has 0 N–H and O–H groups in total. The van der Waals surface area contributed by atoms with Crippen molar-refractivity contribution in [1.29, 1.82) is 0 Å². The van der Waals surface area contributed by atoms with Gasteiger partial charge in [-0.15, -0.1) is 0 Å². The van der Waals surface area contributed by atoms with Crippen LogP contribution < -0.4 is 0 Å². The average Bonchev–Trinajstić information content (AvgIpc) is 2.36. The fraction of sp³-hybridized carbons (Fsp3) is 0.357. The molecule has 17 heavy (non-hydrogen) atoms. The molecule has 0 radical (unpaired) electrons. The Morgan fingerprint density at radius 1 is 1.29 bits per heavy atom. The number of hydrogen-bond donors (Lipinski definition) is 0. The normalized spacial score (nSPS) is 19.9. The van der Waals surface area contributed by atoms with Gasteiger partial charge in [0.15, 0.2) is 6.23 Å². The van der Waals surface area contributed by atoms with Gasteiger partial charge in [0.05, 0.1) is 11.8 Å². The van der Waals surface area contributed by atoms with Crippen LogP contribution in [0, 0.1) is 0 Å². The molecule has 90 valence electrons. The number of carbonyl (C=O) groups is 1. The molecule has 3 nitrogen and oxygen atoms in total. The lowest BCUT2D eigenvalue weighted by Crippen LogP contribution is -2.43. The summed E-state index contributed by atoms with van der Waals surface area (Å²) in [6, 6.07) is 9.63. The van der Waals surface area contributed by atoms with Gasteiger partial charge in [0, 0.05) is 6.54 Å². The maximum Gasteiger partial charge on any atom is 0.260 e. The maximum atomic E-state index is 12.3. The van der Waals surface area contributed by atoms with Crippen LogP contribution in [0.1, 0.15) is 25.8 Å². The predicted molar refractivity (Wildman–Crippen MR) is 67.0 cm³/mol. The number of hydrogen-bond acceptors (Lipinski definition) is 2. The van der Waals surface area contributed by atoms with Crippen LogP contribution in [0.4, 0.5) is 0 Å². The van der Waals surface area contributed by atoms with E-state index in [4.69, 9.17) is 4.74 Å². The van der Waals surface area contributed by atoms with E-state index < -0.39 is 0 Å². The highest BCUT2D eigenvalue weighted by Crippen LogP contribution is 2.23. The van der Waals surface area contributed by atoms with Crippen LogP contribution in [0.3, 0.4) is 0 Å². The molecule has 0 spiro atoms. The number of rotatable bonds is 3. The highest BCUT2D eigenvalue weighted by atomic mass is 16.5. The van der Waals surface area contributed by atoms with E-state index in [1.807, 2.05) is 37.3 Å². The van der Waals surface area contributed by atoms with E-state index in [9.17, 15) is 4.79 Å². The number of amides is 1. The third kappa shape index (κ3) is 2.33. The number of nitrogens with zero attached hydrogens (tertiary/aromatic N) is 1. The topological polar surface area (TPSA) is 29.5 Å². The smallest absolute Gasteiger partial charge is 0.260 e. The van der Waals surface area contributed by atoms with Crippen molar-refractivity contribution in [3.05, 3.63) is 42.2 Å². The second kappa shape index (κ2) is 5.04. The Hall–Kier alpha value is -1.77. The molecule has 1 amide bonds. The van der Waals surface area contributed by atoms with Gasteiger partial charge >= 0.3 is 0 Å². The molecule has 1 atom stereocenters.